The molecule has 0 radical (unpaired) electrons. The van der Waals surface area contributed by atoms with Gasteiger partial charge in [-0.2, -0.15) is 0 Å². The molecule has 0 saturated heterocycles. The van der Waals surface area contributed by atoms with E-state index in [1.807, 2.05) is 24.3 Å². The summed E-state index contributed by atoms with van der Waals surface area (Å²) in [6.45, 7) is 0.531. The van der Waals surface area contributed by atoms with Crippen LogP contribution >= 0.6 is 0 Å². The molecule has 0 unspecified atom stereocenters. The van der Waals surface area contributed by atoms with Crippen molar-refractivity contribution in [2.45, 2.75) is 25.2 Å². The molecular formula is C19H25N5O2. The molecule has 0 saturated carbocycles. The van der Waals surface area contributed by atoms with Gasteiger partial charge in [0.05, 0.1) is 6.04 Å². The molecule has 0 fully saturated rings. The lowest BCUT2D eigenvalue weighted by molar-refractivity contribution is -0.116. The van der Waals surface area contributed by atoms with Gasteiger partial charge in [0, 0.05) is 11.3 Å². The number of rotatable bonds is 9. The van der Waals surface area contributed by atoms with Gasteiger partial charge in [0.1, 0.15) is 6.29 Å². The quantitative estimate of drug-likeness (QED) is 0.145. The van der Waals surface area contributed by atoms with Crippen LogP contribution in [-0.4, -0.2) is 30.4 Å². The summed E-state index contributed by atoms with van der Waals surface area (Å²) >= 11 is 0. The van der Waals surface area contributed by atoms with Gasteiger partial charge in [0.25, 0.3) is 0 Å². The molecule has 7 nitrogen and oxygen atoms in total. The number of nitrogens with one attached hydrogen (secondary N) is 1. The van der Waals surface area contributed by atoms with Gasteiger partial charge in [0.2, 0.25) is 11.6 Å². The Balaban J connectivity index is 1.96. The Morgan fingerprint density at radius 1 is 0.885 bits per heavy atom. The van der Waals surface area contributed by atoms with Crippen molar-refractivity contribution in [3.8, 4) is 11.1 Å². The molecule has 0 amide bonds. The van der Waals surface area contributed by atoms with E-state index in [0.717, 1.165) is 11.1 Å². The van der Waals surface area contributed by atoms with E-state index >= 15 is 0 Å². The fourth-order valence-corrected chi connectivity index (χ4v) is 2.52. The minimum atomic E-state index is -0.838. The largest absolute Gasteiger partial charge is 0.399 e. The van der Waals surface area contributed by atoms with Crippen molar-refractivity contribution in [1.29, 1.82) is 0 Å². The number of carbonyl (C=O) groups is 2. The van der Waals surface area contributed by atoms with E-state index in [0.29, 0.717) is 30.6 Å². The van der Waals surface area contributed by atoms with E-state index in [-0.39, 0.29) is 0 Å². The van der Waals surface area contributed by atoms with Crippen LogP contribution in [0.2, 0.25) is 0 Å². The third kappa shape index (κ3) is 5.47. The van der Waals surface area contributed by atoms with Crippen molar-refractivity contribution in [2.75, 3.05) is 12.3 Å². The maximum atomic E-state index is 12.3. The van der Waals surface area contributed by atoms with Gasteiger partial charge >= 0.3 is 0 Å². The second kappa shape index (κ2) is 9.21. The number of hydrogen-bond donors (Lipinski definition) is 5. The lowest BCUT2D eigenvalue weighted by Crippen LogP contribution is -2.46. The third-order valence-electron chi connectivity index (χ3n) is 4.02. The molecule has 26 heavy (non-hydrogen) atoms. The highest BCUT2D eigenvalue weighted by Gasteiger charge is 2.22. The number of Topliss-reactive ketones (excluding diaryl/α,β-unsaturated/α-hetero) is 2. The molecule has 7 heteroatoms. The number of nitrogen functional groups attached to an aromatic ring is 1. The van der Waals surface area contributed by atoms with Crippen molar-refractivity contribution in [2.24, 2.45) is 17.2 Å². The number of anilines is 1. The maximum absolute atomic E-state index is 12.3. The van der Waals surface area contributed by atoms with Crippen molar-refractivity contribution in [3.63, 3.8) is 0 Å². The molecule has 0 aromatic heterocycles. The Morgan fingerprint density at radius 2 is 1.42 bits per heavy atom. The zero-order valence-electron chi connectivity index (χ0n) is 14.5. The number of nitrogens with two attached hydrogens (primary N) is 4. The van der Waals surface area contributed by atoms with Gasteiger partial charge in [-0.15, -0.1) is 0 Å². The van der Waals surface area contributed by atoms with Gasteiger partial charge in [-0.05, 0) is 42.6 Å². The Hall–Kier alpha value is -2.58. The normalized spacial score (nSPS) is 12.2. The summed E-state index contributed by atoms with van der Waals surface area (Å²) in [5, 5.41) is 2.82. The molecule has 0 heterocycles. The monoisotopic (exact) mass is 355 g/mol. The fraction of sp³-hybridized carbons (Fsp3) is 0.263. The standard InChI is InChI=1S/C19H25N5O2/c20-15-9-7-13(8-10-15)12-3-5-14(6-4-12)17(25)18(26)16(21)2-1-11-24-19(22)23/h3-10,16,19,24H,1-2,11,20-23H2/t16-/m0/s1. The number of carbonyl (C=O) groups excluding carboxylic acids is 2. The molecule has 9 N–H and O–H groups in total. The summed E-state index contributed by atoms with van der Waals surface area (Å²) in [5.41, 5.74) is 25.2. The second-order valence-electron chi connectivity index (χ2n) is 6.12. The molecular weight excluding hydrogens is 330 g/mol. The lowest BCUT2D eigenvalue weighted by Gasteiger charge is -2.12. The molecule has 0 bridgehead atoms. The molecule has 0 spiro atoms. The van der Waals surface area contributed by atoms with Crippen LogP contribution in [0.3, 0.4) is 0 Å². The molecule has 1 atom stereocenters. The van der Waals surface area contributed by atoms with E-state index in [2.05, 4.69) is 5.32 Å². The second-order valence-corrected chi connectivity index (χ2v) is 6.12. The first kappa shape index (κ1) is 19.7. The smallest absolute Gasteiger partial charge is 0.230 e. The molecule has 0 aliphatic carbocycles. The molecule has 2 rings (SSSR count). The average molecular weight is 355 g/mol. The van der Waals surface area contributed by atoms with Crippen LogP contribution in [0, 0.1) is 0 Å². The zero-order chi connectivity index (χ0) is 19.1. The van der Waals surface area contributed by atoms with Gasteiger partial charge in [0.15, 0.2) is 0 Å². The van der Waals surface area contributed by atoms with E-state index < -0.39 is 23.9 Å². The van der Waals surface area contributed by atoms with Crippen LogP contribution in [0.1, 0.15) is 23.2 Å². The first-order valence-corrected chi connectivity index (χ1v) is 8.43. The first-order chi connectivity index (χ1) is 12.4. The summed E-state index contributed by atoms with van der Waals surface area (Å²) < 4.78 is 0. The highest BCUT2D eigenvalue weighted by atomic mass is 16.2. The molecule has 0 aliphatic heterocycles. The third-order valence-corrected chi connectivity index (χ3v) is 4.02. The minimum Gasteiger partial charge on any atom is -0.399 e. The highest BCUT2D eigenvalue weighted by molar-refractivity contribution is 6.45. The van der Waals surface area contributed by atoms with Crippen LogP contribution in [0.25, 0.3) is 11.1 Å². The van der Waals surface area contributed by atoms with Gasteiger partial charge in [-0.3, -0.25) is 14.9 Å². The van der Waals surface area contributed by atoms with E-state index in [1.165, 1.54) is 0 Å². The average Bonchev–Trinajstić information content (AvgIpc) is 2.64. The SMILES string of the molecule is Nc1ccc(-c2ccc(C(=O)C(=O)[C@@H](N)CCCNC(N)N)cc2)cc1. The van der Waals surface area contributed by atoms with Gasteiger partial charge in [-0.25, -0.2) is 0 Å². The predicted octanol–water partition coefficient (Wildman–Crippen LogP) is 0.586. The molecule has 2 aromatic rings. The summed E-state index contributed by atoms with van der Waals surface area (Å²) in [7, 11) is 0. The van der Waals surface area contributed by atoms with Crippen molar-refractivity contribution in [3.05, 3.63) is 54.1 Å². The Labute approximate surface area is 152 Å². The van der Waals surface area contributed by atoms with Gasteiger partial charge < -0.3 is 22.9 Å². The van der Waals surface area contributed by atoms with Crippen LogP contribution < -0.4 is 28.3 Å². The topological polar surface area (TPSA) is 150 Å². The summed E-state index contributed by atoms with van der Waals surface area (Å²) in [5.74, 6) is -1.17. The van der Waals surface area contributed by atoms with E-state index in [4.69, 9.17) is 22.9 Å². The van der Waals surface area contributed by atoms with Crippen molar-refractivity contribution in [1.82, 2.24) is 5.32 Å². The Kier molecular flexibility index (Phi) is 6.99. The highest BCUT2D eigenvalue weighted by Crippen LogP contribution is 2.21. The van der Waals surface area contributed by atoms with Crippen LogP contribution in [0.5, 0.6) is 0 Å². The van der Waals surface area contributed by atoms with E-state index in [1.54, 1.807) is 24.3 Å². The predicted molar refractivity (Wildman–Crippen MR) is 103 cm³/mol. The Bertz CT molecular complexity index is 742. The summed E-state index contributed by atoms with van der Waals surface area (Å²) in [6, 6.07) is 13.4. The number of benzene rings is 2. The number of ketones is 2. The minimum absolute atomic E-state index is 0.326. The maximum Gasteiger partial charge on any atom is 0.230 e. The van der Waals surface area contributed by atoms with Crippen LogP contribution in [0.15, 0.2) is 48.5 Å². The van der Waals surface area contributed by atoms with E-state index in [9.17, 15) is 9.59 Å². The van der Waals surface area contributed by atoms with Crippen molar-refractivity contribution >= 4 is 17.3 Å². The van der Waals surface area contributed by atoms with Gasteiger partial charge in [-0.1, -0.05) is 36.4 Å². The summed E-state index contributed by atoms with van der Waals surface area (Å²) in [6.07, 6.45) is 0.373. The van der Waals surface area contributed by atoms with Crippen LogP contribution in [0.4, 0.5) is 5.69 Å². The number of hydrogen-bond acceptors (Lipinski definition) is 7. The zero-order valence-corrected chi connectivity index (χ0v) is 14.5. The fourth-order valence-electron chi connectivity index (χ4n) is 2.52. The van der Waals surface area contributed by atoms with Crippen LogP contribution in [-0.2, 0) is 4.79 Å². The Morgan fingerprint density at radius 3 is 1.96 bits per heavy atom. The first-order valence-electron chi connectivity index (χ1n) is 8.43. The van der Waals surface area contributed by atoms with Crippen molar-refractivity contribution < 1.29 is 9.59 Å². The molecule has 138 valence electrons. The molecule has 2 aromatic carbocycles. The molecule has 0 aliphatic rings. The summed E-state index contributed by atoms with van der Waals surface area (Å²) in [4.78, 5) is 24.5. The lowest BCUT2D eigenvalue weighted by atomic mass is 9.97.